The second kappa shape index (κ2) is 12.6. The predicted octanol–water partition coefficient (Wildman–Crippen LogP) is 5.84. The molecule has 0 spiro atoms. The Bertz CT molecular complexity index is 2080. The van der Waals surface area contributed by atoms with Crippen LogP contribution in [0.5, 0.6) is 17.2 Å². The molecule has 0 fully saturated rings. The molecule has 0 amide bonds. The van der Waals surface area contributed by atoms with E-state index < -0.39 is 0 Å². The molecule has 0 aliphatic heterocycles. The Hall–Kier alpha value is -5.22. The SMILES string of the molecule is CCCOc1ccc(-c2nn(-c3ccccc3)cc2/C=c2\sc3nc(/C=C/c4ccc(OC)c(OC)c4)nn3c2=O)cc1C. The Labute approximate surface area is 258 Å². The van der Waals surface area contributed by atoms with Crippen LogP contribution in [0, 0.1) is 6.92 Å². The number of rotatable bonds is 10. The minimum atomic E-state index is -0.235. The van der Waals surface area contributed by atoms with Gasteiger partial charge in [0.25, 0.3) is 5.56 Å². The van der Waals surface area contributed by atoms with E-state index in [-0.39, 0.29) is 5.56 Å². The van der Waals surface area contributed by atoms with Gasteiger partial charge in [-0.05, 0) is 79.1 Å². The summed E-state index contributed by atoms with van der Waals surface area (Å²) in [5.74, 6) is 2.57. The molecule has 9 nitrogen and oxygen atoms in total. The van der Waals surface area contributed by atoms with Gasteiger partial charge in [-0.25, -0.2) is 4.68 Å². The van der Waals surface area contributed by atoms with Crippen LogP contribution in [-0.2, 0) is 0 Å². The van der Waals surface area contributed by atoms with E-state index in [9.17, 15) is 4.79 Å². The van der Waals surface area contributed by atoms with Gasteiger partial charge in [0.05, 0.1) is 31.0 Å². The summed E-state index contributed by atoms with van der Waals surface area (Å²) in [6.45, 7) is 4.77. The first-order chi connectivity index (χ1) is 21.5. The number of thiazole rings is 1. The Kier molecular flexibility index (Phi) is 8.25. The molecule has 3 aromatic carbocycles. The molecule has 0 unspecified atom stereocenters. The first kappa shape index (κ1) is 28.9. The highest BCUT2D eigenvalue weighted by atomic mass is 32.1. The number of hydrogen-bond donors (Lipinski definition) is 0. The first-order valence-electron chi connectivity index (χ1n) is 14.2. The summed E-state index contributed by atoms with van der Waals surface area (Å²) in [7, 11) is 3.19. The molecule has 10 heteroatoms. The Balaban J connectivity index is 1.36. The molecule has 0 bridgehead atoms. The maximum Gasteiger partial charge on any atom is 0.291 e. The van der Waals surface area contributed by atoms with Gasteiger partial charge >= 0.3 is 0 Å². The third-order valence-corrected chi connectivity index (χ3v) is 7.95. The number of hydrogen-bond acceptors (Lipinski definition) is 8. The van der Waals surface area contributed by atoms with Gasteiger partial charge < -0.3 is 14.2 Å². The molecule has 0 saturated carbocycles. The van der Waals surface area contributed by atoms with E-state index in [0.29, 0.717) is 33.4 Å². The van der Waals surface area contributed by atoms with Crippen LogP contribution in [0.3, 0.4) is 0 Å². The maximum absolute atomic E-state index is 13.4. The van der Waals surface area contributed by atoms with Crippen molar-refractivity contribution < 1.29 is 14.2 Å². The van der Waals surface area contributed by atoms with Crippen molar-refractivity contribution in [3.63, 3.8) is 0 Å². The van der Waals surface area contributed by atoms with E-state index in [0.717, 1.165) is 45.8 Å². The zero-order valence-electron chi connectivity index (χ0n) is 24.9. The monoisotopic (exact) mass is 605 g/mol. The van der Waals surface area contributed by atoms with Crippen molar-refractivity contribution >= 4 is 34.5 Å². The minimum absolute atomic E-state index is 0.235. The van der Waals surface area contributed by atoms with E-state index >= 15 is 0 Å². The second-order valence-electron chi connectivity index (χ2n) is 10.1. The van der Waals surface area contributed by atoms with Crippen LogP contribution in [0.2, 0.25) is 0 Å². The smallest absolute Gasteiger partial charge is 0.291 e. The standard InChI is InChI=1S/C34H31N5O4S/c1-5-17-43-27-15-13-24(18-22(27)2)32-25(21-38(37-32)26-9-7-6-8-10-26)20-30-33(40)39-34(44-30)35-31(36-39)16-12-23-11-14-28(41-3)29(19-23)42-4/h6-16,18-21H,5,17H2,1-4H3/b16-12+,30-20-. The number of ether oxygens (including phenoxy) is 3. The minimum Gasteiger partial charge on any atom is -0.493 e. The van der Waals surface area contributed by atoms with E-state index in [1.165, 1.54) is 15.9 Å². The molecule has 6 aromatic rings. The third kappa shape index (κ3) is 5.84. The number of methoxy groups -OCH3 is 2. The van der Waals surface area contributed by atoms with Crippen molar-refractivity contribution in [3.8, 4) is 34.2 Å². The van der Waals surface area contributed by atoms with Gasteiger partial charge in [0, 0.05) is 17.3 Å². The lowest BCUT2D eigenvalue weighted by molar-refractivity contribution is 0.315. The normalized spacial score (nSPS) is 12.0. The molecule has 0 radical (unpaired) electrons. The number of benzene rings is 3. The second-order valence-corrected chi connectivity index (χ2v) is 11.1. The molecule has 0 aliphatic rings. The quantitative estimate of drug-likeness (QED) is 0.194. The molecule has 6 rings (SSSR count). The molecule has 0 aliphatic carbocycles. The topological polar surface area (TPSA) is 92.8 Å². The van der Waals surface area contributed by atoms with Crippen LogP contribution in [-0.4, -0.2) is 45.2 Å². The van der Waals surface area contributed by atoms with Crippen molar-refractivity contribution in [2.24, 2.45) is 0 Å². The summed E-state index contributed by atoms with van der Waals surface area (Å²) in [5, 5.41) is 9.38. The van der Waals surface area contributed by atoms with Gasteiger partial charge in [-0.15, -0.1) is 5.10 Å². The zero-order chi connectivity index (χ0) is 30.6. The van der Waals surface area contributed by atoms with Crippen LogP contribution in [0.1, 0.15) is 35.9 Å². The molecular weight excluding hydrogens is 574 g/mol. The van der Waals surface area contributed by atoms with Crippen molar-refractivity contribution in [1.29, 1.82) is 0 Å². The van der Waals surface area contributed by atoms with E-state index in [1.807, 2.05) is 90.6 Å². The number of nitrogens with zero attached hydrogens (tertiary/aromatic N) is 5. The average molecular weight is 606 g/mol. The molecule has 222 valence electrons. The largest absolute Gasteiger partial charge is 0.493 e. The van der Waals surface area contributed by atoms with Crippen molar-refractivity contribution in [2.45, 2.75) is 20.3 Å². The van der Waals surface area contributed by atoms with Crippen LogP contribution >= 0.6 is 11.3 Å². The molecule has 3 aromatic heterocycles. The van der Waals surface area contributed by atoms with Gasteiger partial charge in [0.2, 0.25) is 4.96 Å². The molecule has 3 heterocycles. The number of aromatic nitrogens is 5. The van der Waals surface area contributed by atoms with Crippen LogP contribution in [0.15, 0.2) is 77.7 Å². The van der Waals surface area contributed by atoms with E-state index in [4.69, 9.17) is 19.3 Å². The maximum atomic E-state index is 13.4. The third-order valence-electron chi connectivity index (χ3n) is 6.99. The molecule has 0 atom stereocenters. The summed E-state index contributed by atoms with van der Waals surface area (Å²) in [6, 6.07) is 21.5. The highest BCUT2D eigenvalue weighted by molar-refractivity contribution is 7.15. The highest BCUT2D eigenvalue weighted by Crippen LogP contribution is 2.30. The predicted molar refractivity (Wildman–Crippen MR) is 174 cm³/mol. The molecule has 0 saturated heterocycles. The lowest BCUT2D eigenvalue weighted by atomic mass is 10.0. The van der Waals surface area contributed by atoms with E-state index in [1.54, 1.807) is 20.3 Å². The summed E-state index contributed by atoms with van der Waals surface area (Å²) in [6.07, 6.45) is 8.37. The molecule has 0 N–H and O–H groups in total. The van der Waals surface area contributed by atoms with Crippen LogP contribution in [0.25, 0.3) is 40.1 Å². The van der Waals surface area contributed by atoms with Crippen molar-refractivity contribution in [3.05, 3.63) is 110 Å². The fourth-order valence-electron chi connectivity index (χ4n) is 4.79. The van der Waals surface area contributed by atoms with Crippen LogP contribution < -0.4 is 24.3 Å². The van der Waals surface area contributed by atoms with Crippen molar-refractivity contribution in [1.82, 2.24) is 24.4 Å². The Morgan fingerprint density at radius 2 is 1.70 bits per heavy atom. The fourth-order valence-corrected chi connectivity index (χ4v) is 5.69. The van der Waals surface area contributed by atoms with Gasteiger partial charge in [0.1, 0.15) is 11.4 Å². The molecular formula is C34H31N5O4S. The Morgan fingerprint density at radius 3 is 2.43 bits per heavy atom. The van der Waals surface area contributed by atoms with Gasteiger partial charge in [-0.2, -0.15) is 14.6 Å². The summed E-state index contributed by atoms with van der Waals surface area (Å²) < 4.78 is 20.3. The Morgan fingerprint density at radius 1 is 0.909 bits per heavy atom. The van der Waals surface area contributed by atoms with Gasteiger partial charge in [0.15, 0.2) is 17.3 Å². The van der Waals surface area contributed by atoms with Gasteiger partial charge in [-0.3, -0.25) is 4.79 Å². The fraction of sp³-hybridized carbons (Fsp3) is 0.176. The summed E-state index contributed by atoms with van der Waals surface area (Å²) in [5.41, 5.74) is 5.10. The summed E-state index contributed by atoms with van der Waals surface area (Å²) >= 11 is 1.29. The highest BCUT2D eigenvalue weighted by Gasteiger charge is 2.15. The van der Waals surface area contributed by atoms with Gasteiger partial charge in [-0.1, -0.05) is 48.6 Å². The van der Waals surface area contributed by atoms with E-state index in [2.05, 4.69) is 23.1 Å². The first-order valence-corrected chi connectivity index (χ1v) is 15.0. The lowest BCUT2D eigenvalue weighted by Gasteiger charge is -2.09. The number of aryl methyl sites for hydroxylation is 1. The zero-order valence-corrected chi connectivity index (χ0v) is 25.7. The summed E-state index contributed by atoms with van der Waals surface area (Å²) in [4.78, 5) is 18.5. The number of para-hydroxylation sites is 1. The van der Waals surface area contributed by atoms with Crippen molar-refractivity contribution in [2.75, 3.05) is 20.8 Å². The molecule has 44 heavy (non-hydrogen) atoms. The van der Waals surface area contributed by atoms with Crippen LogP contribution in [0.4, 0.5) is 0 Å². The lowest BCUT2D eigenvalue weighted by Crippen LogP contribution is -2.23. The average Bonchev–Trinajstić information content (AvgIpc) is 3.74. The number of fused-ring (bicyclic) bond motifs is 1.